The van der Waals surface area contributed by atoms with Gasteiger partial charge in [-0.1, -0.05) is 29.8 Å². The standard InChI is InChI=1S/C16H24NO.C2F6NO4S2/c1-3-17(11-5-4-6-12-17)13-16(18)15-9-7-14(2)8-10-15;3-1(4,5)14(10,11)9-15(12,13)2(6,7)8/h7-10H,3-6,11-13H2,1-2H3;/q+1;-1. The monoisotopic (exact) mass is 526 g/mol. The number of hydrogen-bond donors (Lipinski definition) is 0. The number of carbonyl (C=O) groups is 1. The van der Waals surface area contributed by atoms with Crippen LogP contribution < -0.4 is 0 Å². The average molecular weight is 527 g/mol. The molecule has 1 saturated heterocycles. The van der Waals surface area contributed by atoms with E-state index in [1.54, 1.807) is 0 Å². The molecule has 0 radical (unpaired) electrons. The fourth-order valence-electron chi connectivity index (χ4n) is 3.12. The lowest BCUT2D eigenvalue weighted by Gasteiger charge is -2.40. The third-order valence-electron chi connectivity index (χ3n) is 5.07. The Morgan fingerprint density at radius 2 is 1.30 bits per heavy atom. The first-order chi connectivity index (χ1) is 14.9. The maximum atomic E-state index is 12.4. The van der Waals surface area contributed by atoms with Crippen LogP contribution in [0.25, 0.3) is 4.13 Å². The van der Waals surface area contributed by atoms with Crippen molar-refractivity contribution in [3.05, 3.63) is 39.5 Å². The number of benzene rings is 1. The second-order valence-corrected chi connectivity index (χ2v) is 11.0. The molecule has 1 aromatic rings. The Kier molecular flexibility index (Phi) is 9.50. The number of halogens is 6. The van der Waals surface area contributed by atoms with Gasteiger partial charge in [-0.3, -0.25) is 4.79 Å². The largest absolute Gasteiger partial charge is 0.480 e. The van der Waals surface area contributed by atoms with Crippen LogP contribution in [0.15, 0.2) is 24.3 Å². The molecule has 1 aromatic carbocycles. The molecule has 0 amide bonds. The number of aryl methyl sites for hydroxylation is 1. The molecule has 1 aliphatic rings. The summed E-state index contributed by atoms with van der Waals surface area (Å²) >= 11 is 0. The molecule has 0 aromatic heterocycles. The molecule has 1 aliphatic heterocycles. The fourth-order valence-corrected chi connectivity index (χ4v) is 4.83. The molecule has 0 saturated carbocycles. The van der Waals surface area contributed by atoms with Gasteiger partial charge in [0.15, 0.2) is 20.0 Å². The van der Waals surface area contributed by atoms with Crippen molar-refractivity contribution >= 4 is 25.8 Å². The van der Waals surface area contributed by atoms with Gasteiger partial charge >= 0.3 is 11.0 Å². The lowest BCUT2D eigenvalue weighted by molar-refractivity contribution is -0.923. The Morgan fingerprint density at radius 1 is 0.879 bits per heavy atom. The number of carbonyl (C=O) groups excluding carboxylic acids is 1. The molecule has 15 heteroatoms. The maximum Gasteiger partial charge on any atom is 0.480 e. The summed E-state index contributed by atoms with van der Waals surface area (Å²) in [6.07, 6.45) is 3.88. The molecule has 0 aliphatic carbocycles. The van der Waals surface area contributed by atoms with E-state index in [0.29, 0.717) is 12.3 Å². The van der Waals surface area contributed by atoms with E-state index in [-0.39, 0.29) is 0 Å². The van der Waals surface area contributed by atoms with Gasteiger partial charge in [0.25, 0.3) is 0 Å². The minimum atomic E-state index is -6.72. The van der Waals surface area contributed by atoms with Gasteiger partial charge in [-0.05, 0) is 33.1 Å². The van der Waals surface area contributed by atoms with Crippen molar-refractivity contribution in [3.8, 4) is 0 Å². The van der Waals surface area contributed by atoms with Crippen molar-refractivity contribution in [1.82, 2.24) is 0 Å². The van der Waals surface area contributed by atoms with Gasteiger partial charge in [0.05, 0.1) is 19.6 Å². The zero-order valence-electron chi connectivity index (χ0n) is 17.8. The van der Waals surface area contributed by atoms with Crippen molar-refractivity contribution in [2.45, 2.75) is 44.1 Å². The molecular formula is C18H24F6N2O5S2. The number of ketones is 1. The summed E-state index contributed by atoms with van der Waals surface area (Å²) in [7, 11) is -13.4. The van der Waals surface area contributed by atoms with Gasteiger partial charge in [-0.25, -0.2) is 16.8 Å². The summed E-state index contributed by atoms with van der Waals surface area (Å²) in [5, 5.41) is 0. The van der Waals surface area contributed by atoms with Crippen LogP contribution in [-0.2, 0) is 20.0 Å². The van der Waals surface area contributed by atoms with Crippen LogP contribution in [0.1, 0.15) is 42.1 Å². The van der Waals surface area contributed by atoms with E-state index in [0.717, 1.165) is 20.7 Å². The summed E-state index contributed by atoms with van der Waals surface area (Å²) in [5.74, 6) is 0.304. The number of likely N-dealkylation sites (N-methyl/N-ethyl adjacent to an activating group) is 1. The van der Waals surface area contributed by atoms with E-state index >= 15 is 0 Å². The number of likely N-dealkylation sites (tertiary alicyclic amines) is 1. The van der Waals surface area contributed by atoms with Gasteiger partial charge in [0, 0.05) is 5.56 Å². The zero-order valence-corrected chi connectivity index (χ0v) is 19.4. The van der Waals surface area contributed by atoms with Gasteiger partial charge in [-0.2, -0.15) is 26.3 Å². The molecule has 33 heavy (non-hydrogen) atoms. The predicted octanol–water partition coefficient (Wildman–Crippen LogP) is 4.26. The number of piperidine rings is 1. The minimum absolute atomic E-state index is 0.304. The Labute approximate surface area is 188 Å². The first-order valence-electron chi connectivity index (χ1n) is 9.68. The van der Waals surface area contributed by atoms with Crippen molar-refractivity contribution in [2.24, 2.45) is 0 Å². The van der Waals surface area contributed by atoms with Crippen LogP contribution >= 0.6 is 0 Å². The minimum Gasteiger partial charge on any atom is -0.421 e. The molecule has 7 nitrogen and oxygen atoms in total. The molecule has 0 bridgehead atoms. The summed E-state index contributed by atoms with van der Waals surface area (Å²) in [5.41, 5.74) is -10.3. The molecule has 1 heterocycles. The number of rotatable bonds is 6. The summed E-state index contributed by atoms with van der Waals surface area (Å²) in [6, 6.07) is 7.99. The zero-order chi connectivity index (χ0) is 25.7. The molecular weight excluding hydrogens is 502 g/mol. The predicted molar refractivity (Wildman–Crippen MR) is 108 cm³/mol. The van der Waals surface area contributed by atoms with E-state index in [1.807, 2.05) is 24.3 Å². The van der Waals surface area contributed by atoms with Crippen LogP contribution in [0.2, 0.25) is 0 Å². The highest BCUT2D eigenvalue weighted by molar-refractivity contribution is 8.13. The number of alkyl halides is 6. The Hall–Kier alpha value is -1.71. The van der Waals surface area contributed by atoms with Crippen LogP contribution in [0.3, 0.4) is 0 Å². The lowest BCUT2D eigenvalue weighted by Crippen LogP contribution is -2.54. The van der Waals surface area contributed by atoms with Crippen LogP contribution in [0.5, 0.6) is 0 Å². The van der Waals surface area contributed by atoms with Gasteiger partial charge in [0.2, 0.25) is 5.78 Å². The van der Waals surface area contributed by atoms with Gasteiger partial charge in [0.1, 0.15) is 6.54 Å². The molecule has 1 fully saturated rings. The summed E-state index contributed by atoms with van der Waals surface area (Å²) < 4.78 is 110. The molecule has 0 spiro atoms. The highest BCUT2D eigenvalue weighted by atomic mass is 32.3. The van der Waals surface area contributed by atoms with Crippen LogP contribution in [0.4, 0.5) is 26.3 Å². The lowest BCUT2D eigenvalue weighted by atomic mass is 10.0. The molecule has 0 N–H and O–H groups in total. The second-order valence-electron chi connectivity index (χ2n) is 7.53. The highest BCUT2D eigenvalue weighted by Crippen LogP contribution is 2.36. The van der Waals surface area contributed by atoms with E-state index in [9.17, 15) is 48.0 Å². The molecule has 190 valence electrons. The van der Waals surface area contributed by atoms with E-state index in [4.69, 9.17) is 0 Å². The smallest absolute Gasteiger partial charge is 0.421 e. The highest BCUT2D eigenvalue weighted by Gasteiger charge is 2.47. The second kappa shape index (κ2) is 10.7. The normalized spacial score (nSPS) is 17.1. The van der Waals surface area contributed by atoms with E-state index in [2.05, 4.69) is 13.8 Å². The van der Waals surface area contributed by atoms with Crippen molar-refractivity contribution < 1.29 is 52.5 Å². The SMILES string of the molecule is CC[N+]1(CC(=O)c2ccc(C)cc2)CCCCC1.O=S(=O)([N-]S(=O)(=O)C(F)(F)F)C(F)(F)F. The van der Waals surface area contributed by atoms with Crippen molar-refractivity contribution in [1.29, 1.82) is 0 Å². The molecule has 2 rings (SSSR count). The van der Waals surface area contributed by atoms with Crippen molar-refractivity contribution in [2.75, 3.05) is 26.2 Å². The third-order valence-corrected chi connectivity index (χ3v) is 7.81. The number of hydrogen-bond acceptors (Lipinski definition) is 5. The Morgan fingerprint density at radius 3 is 1.67 bits per heavy atom. The van der Waals surface area contributed by atoms with Crippen molar-refractivity contribution in [3.63, 3.8) is 0 Å². The van der Waals surface area contributed by atoms with E-state index in [1.165, 1.54) is 37.9 Å². The number of nitrogens with zero attached hydrogens (tertiary/aromatic N) is 2. The summed E-state index contributed by atoms with van der Waals surface area (Å²) in [6.45, 7) is 8.38. The first-order valence-corrected chi connectivity index (χ1v) is 12.6. The quantitative estimate of drug-likeness (QED) is 0.313. The van der Waals surface area contributed by atoms with Gasteiger partial charge < -0.3 is 8.61 Å². The average Bonchev–Trinajstić information content (AvgIpc) is 2.67. The first kappa shape index (κ1) is 29.3. The summed E-state index contributed by atoms with van der Waals surface area (Å²) in [4.78, 5) is 12.4. The third kappa shape index (κ3) is 8.22. The molecule has 0 atom stereocenters. The van der Waals surface area contributed by atoms with E-state index < -0.39 is 31.1 Å². The number of quaternary nitrogens is 1. The van der Waals surface area contributed by atoms with Crippen LogP contribution in [-0.4, -0.2) is 64.3 Å². The maximum absolute atomic E-state index is 12.4. The Balaban J connectivity index is 0.000000337. The fraction of sp³-hybridized carbons (Fsp3) is 0.611. The molecule has 0 unspecified atom stereocenters. The number of sulfonamides is 2. The van der Waals surface area contributed by atoms with Gasteiger partial charge in [-0.15, -0.1) is 0 Å². The number of Topliss-reactive ketones (excluding diaryl/α,β-unsaturated/α-hetero) is 1. The topological polar surface area (TPSA) is 99.4 Å². The Bertz CT molecular complexity index is 972. The van der Waals surface area contributed by atoms with Crippen LogP contribution in [0, 0.1) is 6.92 Å².